The van der Waals surface area contributed by atoms with Crippen molar-refractivity contribution < 1.29 is 0 Å². The van der Waals surface area contributed by atoms with Crippen LogP contribution in [0.5, 0.6) is 0 Å². The molecule has 0 unspecified atom stereocenters. The molecule has 0 atom stereocenters. The van der Waals surface area contributed by atoms with Crippen molar-refractivity contribution in [3.63, 3.8) is 0 Å². The van der Waals surface area contributed by atoms with Crippen LogP contribution in [0, 0.1) is 6.92 Å². The van der Waals surface area contributed by atoms with Gasteiger partial charge in [0.25, 0.3) is 0 Å². The fourth-order valence-corrected chi connectivity index (χ4v) is 3.80. The molecule has 0 aliphatic heterocycles. The number of fused-ring (bicyclic) bond motifs is 1. The van der Waals surface area contributed by atoms with Crippen LogP contribution in [0.25, 0.3) is 33.5 Å². The van der Waals surface area contributed by atoms with E-state index in [0.717, 1.165) is 39.2 Å². The first-order valence-electron chi connectivity index (χ1n) is 8.90. The molecule has 5 aromatic rings. The minimum atomic E-state index is 0.478. The van der Waals surface area contributed by atoms with Crippen LogP contribution in [0.4, 0.5) is 0 Å². The number of aromatic amines is 2. The van der Waals surface area contributed by atoms with Gasteiger partial charge in [-0.15, -0.1) is 0 Å². The van der Waals surface area contributed by atoms with Gasteiger partial charge in [-0.3, -0.25) is 9.78 Å². The van der Waals surface area contributed by atoms with E-state index in [-0.39, 0.29) is 0 Å². The summed E-state index contributed by atoms with van der Waals surface area (Å²) in [5, 5.41) is 12.7. The molecular weight excluding hydrogens is 409 g/mol. The van der Waals surface area contributed by atoms with E-state index in [2.05, 4.69) is 25.3 Å². The Morgan fingerprint density at radius 3 is 2.66 bits per heavy atom. The molecule has 5 rings (SSSR count). The molecule has 9 heteroatoms. The molecule has 144 valence electrons. The van der Waals surface area contributed by atoms with Gasteiger partial charge < -0.3 is 4.98 Å². The maximum absolute atomic E-state index is 6.29. The quantitative estimate of drug-likeness (QED) is 0.431. The molecule has 0 spiro atoms. The number of nitrogens with zero attached hydrogens (tertiary/aromatic N) is 5. The number of aryl methyl sites for hydroxylation is 1. The highest BCUT2D eigenvalue weighted by Crippen LogP contribution is 2.30. The summed E-state index contributed by atoms with van der Waals surface area (Å²) < 4.78 is 1.80. The van der Waals surface area contributed by atoms with Crippen molar-refractivity contribution in [1.29, 1.82) is 0 Å². The average molecular weight is 424 g/mol. The molecular formula is C20H15Cl2N7. The monoisotopic (exact) mass is 423 g/mol. The number of H-pyrrole nitrogens is 2. The third-order valence-corrected chi connectivity index (χ3v) is 5.52. The lowest BCUT2D eigenvalue weighted by atomic mass is 10.1. The molecule has 0 bridgehead atoms. The van der Waals surface area contributed by atoms with Gasteiger partial charge in [-0.05, 0) is 19.1 Å². The second-order valence-corrected chi connectivity index (χ2v) is 7.50. The van der Waals surface area contributed by atoms with Gasteiger partial charge in [0.1, 0.15) is 5.52 Å². The Hall–Kier alpha value is -3.16. The van der Waals surface area contributed by atoms with E-state index in [1.807, 2.05) is 37.5 Å². The van der Waals surface area contributed by atoms with Crippen molar-refractivity contribution >= 4 is 34.4 Å². The van der Waals surface area contributed by atoms with Crippen LogP contribution in [-0.4, -0.2) is 34.9 Å². The van der Waals surface area contributed by atoms with Gasteiger partial charge in [0.2, 0.25) is 0 Å². The maximum atomic E-state index is 6.29. The predicted octanol–water partition coefficient (Wildman–Crippen LogP) is 4.88. The number of benzene rings is 1. The summed E-state index contributed by atoms with van der Waals surface area (Å²) in [4.78, 5) is 12.5. The Balaban J connectivity index is 1.52. The smallest absolute Gasteiger partial charge is 0.156 e. The Bertz CT molecular complexity index is 1310. The highest BCUT2D eigenvalue weighted by atomic mass is 35.5. The summed E-state index contributed by atoms with van der Waals surface area (Å²) in [6.45, 7) is 2.43. The Morgan fingerprint density at radius 2 is 1.90 bits per heavy atom. The second kappa shape index (κ2) is 7.02. The van der Waals surface area contributed by atoms with Crippen LogP contribution in [0.15, 0.2) is 49.2 Å². The van der Waals surface area contributed by atoms with Crippen LogP contribution in [-0.2, 0) is 6.54 Å². The lowest BCUT2D eigenvalue weighted by Crippen LogP contribution is -2.01. The van der Waals surface area contributed by atoms with Crippen molar-refractivity contribution in [2.45, 2.75) is 13.5 Å². The molecule has 0 amide bonds. The molecule has 29 heavy (non-hydrogen) atoms. The topological polar surface area (TPSA) is 88.1 Å². The van der Waals surface area contributed by atoms with E-state index in [4.69, 9.17) is 28.2 Å². The third kappa shape index (κ3) is 3.18. The molecule has 0 saturated heterocycles. The minimum absolute atomic E-state index is 0.478. The molecule has 0 radical (unpaired) electrons. The van der Waals surface area contributed by atoms with Crippen molar-refractivity contribution in [2.24, 2.45) is 0 Å². The molecule has 1 aromatic carbocycles. The van der Waals surface area contributed by atoms with E-state index in [9.17, 15) is 0 Å². The van der Waals surface area contributed by atoms with Crippen LogP contribution >= 0.6 is 23.2 Å². The normalized spacial score (nSPS) is 11.4. The molecule has 4 aromatic heterocycles. The standard InChI is InChI=1S/C20H15Cl2N7/c1-11-13(7-25-28-11)18-8-24-20-19(27-18)14(6-23-20)12-5-26-29(9-12)10-15-16(21)3-2-4-17(15)22/h2-9H,10H2,1H3,(H,23,24)(H,25,28). The first kappa shape index (κ1) is 17.9. The van der Waals surface area contributed by atoms with Gasteiger partial charge in [-0.25, -0.2) is 9.97 Å². The highest BCUT2D eigenvalue weighted by molar-refractivity contribution is 6.35. The number of nitrogens with one attached hydrogen (secondary N) is 2. The molecule has 2 N–H and O–H groups in total. The van der Waals surface area contributed by atoms with Gasteiger partial charge in [-0.1, -0.05) is 29.3 Å². The summed E-state index contributed by atoms with van der Waals surface area (Å²) in [5.41, 5.74) is 6.81. The van der Waals surface area contributed by atoms with Gasteiger partial charge in [0, 0.05) is 50.4 Å². The largest absolute Gasteiger partial charge is 0.344 e. The zero-order valence-corrected chi connectivity index (χ0v) is 16.8. The fraction of sp³-hybridized carbons (Fsp3) is 0.100. The molecule has 4 heterocycles. The number of halogens is 2. The van der Waals surface area contributed by atoms with E-state index in [0.29, 0.717) is 22.2 Å². The minimum Gasteiger partial charge on any atom is -0.344 e. The van der Waals surface area contributed by atoms with Crippen molar-refractivity contribution in [3.8, 4) is 22.4 Å². The zero-order valence-electron chi connectivity index (χ0n) is 15.3. The first-order chi connectivity index (χ1) is 14.1. The summed E-state index contributed by atoms with van der Waals surface area (Å²) in [6.07, 6.45) is 9.12. The van der Waals surface area contributed by atoms with Gasteiger partial charge in [-0.2, -0.15) is 10.2 Å². The lowest BCUT2D eigenvalue weighted by molar-refractivity contribution is 0.687. The van der Waals surface area contributed by atoms with Crippen molar-refractivity contribution in [1.82, 2.24) is 34.9 Å². The molecule has 0 aliphatic carbocycles. The van der Waals surface area contributed by atoms with Crippen molar-refractivity contribution in [2.75, 3.05) is 0 Å². The zero-order chi connectivity index (χ0) is 20.0. The van der Waals surface area contributed by atoms with Crippen LogP contribution < -0.4 is 0 Å². The van der Waals surface area contributed by atoms with Crippen LogP contribution in [0.1, 0.15) is 11.3 Å². The van der Waals surface area contributed by atoms with Crippen molar-refractivity contribution in [3.05, 3.63) is 70.5 Å². The summed E-state index contributed by atoms with van der Waals surface area (Å²) >= 11 is 12.6. The number of rotatable bonds is 4. The Morgan fingerprint density at radius 1 is 1.07 bits per heavy atom. The van der Waals surface area contributed by atoms with E-state index in [1.165, 1.54) is 0 Å². The third-order valence-electron chi connectivity index (χ3n) is 4.81. The molecule has 0 fully saturated rings. The Labute approximate surface area is 175 Å². The van der Waals surface area contributed by atoms with E-state index >= 15 is 0 Å². The fourth-order valence-electron chi connectivity index (χ4n) is 3.28. The summed E-state index contributed by atoms with van der Waals surface area (Å²) in [6, 6.07) is 5.47. The van der Waals surface area contributed by atoms with Gasteiger partial charge >= 0.3 is 0 Å². The number of hydrogen-bond donors (Lipinski definition) is 2. The van der Waals surface area contributed by atoms with Crippen LogP contribution in [0.2, 0.25) is 10.0 Å². The highest BCUT2D eigenvalue weighted by Gasteiger charge is 2.14. The lowest BCUT2D eigenvalue weighted by Gasteiger charge is -2.06. The first-order valence-corrected chi connectivity index (χ1v) is 9.66. The average Bonchev–Trinajstić information content (AvgIpc) is 3.43. The SMILES string of the molecule is Cc1[nH]ncc1-c1cnc2[nH]cc(-c3cnn(Cc4c(Cl)cccc4Cl)c3)c2n1. The summed E-state index contributed by atoms with van der Waals surface area (Å²) in [7, 11) is 0. The summed E-state index contributed by atoms with van der Waals surface area (Å²) in [5.74, 6) is 0. The second-order valence-electron chi connectivity index (χ2n) is 6.69. The van der Waals surface area contributed by atoms with Gasteiger partial charge in [0.15, 0.2) is 5.65 Å². The molecule has 7 nitrogen and oxygen atoms in total. The number of aromatic nitrogens is 7. The molecule has 0 aliphatic rings. The van der Waals surface area contributed by atoms with E-state index in [1.54, 1.807) is 23.3 Å². The van der Waals surface area contributed by atoms with Gasteiger partial charge in [0.05, 0.1) is 30.8 Å². The van der Waals surface area contributed by atoms with E-state index < -0.39 is 0 Å². The Kier molecular flexibility index (Phi) is 4.34. The predicted molar refractivity (Wildman–Crippen MR) is 113 cm³/mol. The maximum Gasteiger partial charge on any atom is 0.156 e. The number of hydrogen-bond acceptors (Lipinski definition) is 4. The van der Waals surface area contributed by atoms with Crippen LogP contribution in [0.3, 0.4) is 0 Å². The molecule has 0 saturated carbocycles.